The van der Waals surface area contributed by atoms with Crippen LogP contribution in [0.3, 0.4) is 0 Å². The van der Waals surface area contributed by atoms with Gasteiger partial charge in [-0.1, -0.05) is 6.07 Å². The van der Waals surface area contributed by atoms with Gasteiger partial charge in [0, 0.05) is 20.1 Å². The molecule has 1 heterocycles. The van der Waals surface area contributed by atoms with E-state index in [-0.39, 0.29) is 16.4 Å². The third-order valence-corrected chi connectivity index (χ3v) is 3.62. The molecule has 0 bridgehead atoms. The Hall–Kier alpha value is -0.940. The molecule has 1 saturated heterocycles. The van der Waals surface area contributed by atoms with Crippen LogP contribution < -0.4 is 5.32 Å². The zero-order valence-corrected chi connectivity index (χ0v) is 10.4. The van der Waals surface area contributed by atoms with E-state index in [2.05, 4.69) is 21.2 Å². The summed E-state index contributed by atoms with van der Waals surface area (Å²) in [6, 6.07) is 4.70. The number of halogens is 2. The molecule has 1 aromatic carbocycles. The lowest BCUT2D eigenvalue weighted by Crippen LogP contribution is -2.57. The van der Waals surface area contributed by atoms with E-state index < -0.39 is 5.82 Å². The molecular formula is C11H12BrFN2O. The highest BCUT2D eigenvalue weighted by atomic mass is 79.9. The standard InChI is InChI=1S/C11H12BrFN2O/c1-15(7-5-14-6-7)11(16)8-3-2-4-9(13)10(8)12/h2-4,7,14H,5-6H2,1H3. The number of rotatable bonds is 2. The number of nitrogens with zero attached hydrogens (tertiary/aromatic N) is 1. The molecule has 0 unspecified atom stereocenters. The Morgan fingerprint density at radius 1 is 1.56 bits per heavy atom. The predicted octanol–water partition coefficient (Wildman–Crippen LogP) is 1.63. The van der Waals surface area contributed by atoms with E-state index in [9.17, 15) is 9.18 Å². The molecule has 1 aromatic rings. The largest absolute Gasteiger partial charge is 0.336 e. The zero-order valence-electron chi connectivity index (χ0n) is 8.84. The van der Waals surface area contributed by atoms with Crippen LogP contribution in [0.4, 0.5) is 4.39 Å². The van der Waals surface area contributed by atoms with E-state index in [0.29, 0.717) is 5.56 Å². The van der Waals surface area contributed by atoms with Crippen LogP contribution in [-0.4, -0.2) is 37.0 Å². The average molecular weight is 287 g/mol. The SMILES string of the molecule is CN(C(=O)c1cccc(F)c1Br)C1CNC1. The van der Waals surface area contributed by atoms with E-state index in [1.165, 1.54) is 6.07 Å². The molecule has 1 aliphatic heterocycles. The van der Waals surface area contributed by atoms with Crippen molar-refractivity contribution in [3.8, 4) is 0 Å². The fourth-order valence-corrected chi connectivity index (χ4v) is 2.01. The number of hydrogen-bond acceptors (Lipinski definition) is 2. The van der Waals surface area contributed by atoms with Crippen LogP contribution in [0.25, 0.3) is 0 Å². The number of benzene rings is 1. The highest BCUT2D eigenvalue weighted by molar-refractivity contribution is 9.10. The predicted molar refractivity (Wildman–Crippen MR) is 62.9 cm³/mol. The third-order valence-electron chi connectivity index (χ3n) is 2.81. The maximum atomic E-state index is 13.3. The number of nitrogens with one attached hydrogen (secondary N) is 1. The molecule has 0 spiro atoms. The minimum Gasteiger partial charge on any atom is -0.336 e. The quantitative estimate of drug-likeness (QED) is 0.896. The van der Waals surface area contributed by atoms with Gasteiger partial charge in [-0.3, -0.25) is 4.79 Å². The maximum absolute atomic E-state index is 13.3. The molecule has 0 atom stereocenters. The first-order valence-electron chi connectivity index (χ1n) is 5.03. The van der Waals surface area contributed by atoms with Gasteiger partial charge < -0.3 is 10.2 Å². The van der Waals surface area contributed by atoms with Crippen molar-refractivity contribution >= 4 is 21.8 Å². The van der Waals surface area contributed by atoms with Crippen molar-refractivity contribution in [2.24, 2.45) is 0 Å². The van der Waals surface area contributed by atoms with Crippen LogP contribution in [0, 0.1) is 5.82 Å². The van der Waals surface area contributed by atoms with Crippen molar-refractivity contribution in [3.63, 3.8) is 0 Å². The number of likely N-dealkylation sites (N-methyl/N-ethyl adjacent to an activating group) is 1. The van der Waals surface area contributed by atoms with Crippen molar-refractivity contribution in [2.75, 3.05) is 20.1 Å². The van der Waals surface area contributed by atoms with Gasteiger partial charge in [0.05, 0.1) is 16.1 Å². The van der Waals surface area contributed by atoms with Crippen LogP contribution in [0.1, 0.15) is 10.4 Å². The second-order valence-corrected chi connectivity index (χ2v) is 4.62. The first-order valence-corrected chi connectivity index (χ1v) is 5.82. The lowest BCUT2D eigenvalue weighted by molar-refractivity contribution is 0.0679. The monoisotopic (exact) mass is 286 g/mol. The normalized spacial score (nSPS) is 15.7. The molecule has 1 amide bonds. The average Bonchev–Trinajstić information content (AvgIpc) is 2.18. The molecule has 16 heavy (non-hydrogen) atoms. The zero-order chi connectivity index (χ0) is 11.7. The Kier molecular flexibility index (Phi) is 3.25. The van der Waals surface area contributed by atoms with Gasteiger partial charge in [-0.25, -0.2) is 4.39 Å². The topological polar surface area (TPSA) is 32.3 Å². The van der Waals surface area contributed by atoms with Gasteiger partial charge in [-0.05, 0) is 28.1 Å². The minimum atomic E-state index is -0.411. The summed E-state index contributed by atoms with van der Waals surface area (Å²) in [7, 11) is 1.74. The molecule has 3 nitrogen and oxygen atoms in total. The molecule has 5 heteroatoms. The number of carbonyl (C=O) groups is 1. The Morgan fingerprint density at radius 3 is 2.81 bits per heavy atom. The first-order chi connectivity index (χ1) is 7.61. The summed E-state index contributed by atoms with van der Waals surface area (Å²) in [5.74, 6) is -0.566. The summed E-state index contributed by atoms with van der Waals surface area (Å²) in [5.41, 5.74) is 0.370. The molecule has 2 rings (SSSR count). The Bertz CT molecular complexity index is 420. The van der Waals surface area contributed by atoms with Crippen LogP contribution in [0.15, 0.2) is 22.7 Å². The summed E-state index contributed by atoms with van der Waals surface area (Å²) >= 11 is 3.10. The molecule has 0 aromatic heterocycles. The lowest BCUT2D eigenvalue weighted by atomic mass is 10.1. The van der Waals surface area contributed by atoms with Crippen LogP contribution in [0.5, 0.6) is 0 Å². The van der Waals surface area contributed by atoms with E-state index >= 15 is 0 Å². The number of hydrogen-bond donors (Lipinski definition) is 1. The van der Waals surface area contributed by atoms with Crippen LogP contribution >= 0.6 is 15.9 Å². The Labute approximate surface area is 102 Å². The van der Waals surface area contributed by atoms with Gasteiger partial charge >= 0.3 is 0 Å². The van der Waals surface area contributed by atoms with Crippen molar-refractivity contribution in [1.82, 2.24) is 10.2 Å². The van der Waals surface area contributed by atoms with Gasteiger partial charge in [0.2, 0.25) is 0 Å². The molecule has 1 fully saturated rings. The van der Waals surface area contributed by atoms with Gasteiger partial charge in [-0.15, -0.1) is 0 Å². The fraction of sp³-hybridized carbons (Fsp3) is 0.364. The fourth-order valence-electron chi connectivity index (χ4n) is 1.57. The van der Waals surface area contributed by atoms with Crippen molar-refractivity contribution in [2.45, 2.75) is 6.04 Å². The highest BCUT2D eigenvalue weighted by Crippen LogP contribution is 2.22. The molecule has 0 aliphatic carbocycles. The summed E-state index contributed by atoms with van der Waals surface area (Å²) in [5, 5.41) is 3.09. The van der Waals surface area contributed by atoms with Crippen molar-refractivity contribution < 1.29 is 9.18 Å². The number of amides is 1. The summed E-state index contributed by atoms with van der Waals surface area (Å²) in [4.78, 5) is 13.7. The summed E-state index contributed by atoms with van der Waals surface area (Å²) in [6.45, 7) is 1.60. The highest BCUT2D eigenvalue weighted by Gasteiger charge is 2.27. The summed E-state index contributed by atoms with van der Waals surface area (Å²) < 4.78 is 13.5. The summed E-state index contributed by atoms with van der Waals surface area (Å²) in [6.07, 6.45) is 0. The Morgan fingerprint density at radius 2 is 2.25 bits per heavy atom. The second-order valence-electron chi connectivity index (χ2n) is 3.83. The minimum absolute atomic E-state index is 0.155. The van der Waals surface area contributed by atoms with E-state index in [0.717, 1.165) is 13.1 Å². The van der Waals surface area contributed by atoms with Gasteiger partial charge in [0.1, 0.15) is 5.82 Å². The smallest absolute Gasteiger partial charge is 0.255 e. The molecule has 1 N–H and O–H groups in total. The van der Waals surface area contributed by atoms with E-state index in [1.54, 1.807) is 24.1 Å². The molecule has 0 saturated carbocycles. The van der Waals surface area contributed by atoms with Gasteiger partial charge in [0.25, 0.3) is 5.91 Å². The van der Waals surface area contributed by atoms with Crippen molar-refractivity contribution in [1.29, 1.82) is 0 Å². The molecular weight excluding hydrogens is 275 g/mol. The number of carbonyl (C=O) groups excluding carboxylic acids is 1. The van der Waals surface area contributed by atoms with Gasteiger partial charge in [0.15, 0.2) is 0 Å². The van der Waals surface area contributed by atoms with Gasteiger partial charge in [-0.2, -0.15) is 0 Å². The van der Waals surface area contributed by atoms with Crippen LogP contribution in [0.2, 0.25) is 0 Å². The lowest BCUT2D eigenvalue weighted by Gasteiger charge is -2.35. The molecule has 0 radical (unpaired) electrons. The van der Waals surface area contributed by atoms with E-state index in [1.807, 2.05) is 0 Å². The molecule has 86 valence electrons. The third kappa shape index (κ3) is 1.97. The Balaban J connectivity index is 2.22. The first kappa shape index (κ1) is 11.5. The van der Waals surface area contributed by atoms with Crippen LogP contribution in [-0.2, 0) is 0 Å². The second kappa shape index (κ2) is 4.51. The van der Waals surface area contributed by atoms with Crippen molar-refractivity contribution in [3.05, 3.63) is 34.1 Å². The van der Waals surface area contributed by atoms with E-state index in [4.69, 9.17) is 0 Å². The maximum Gasteiger partial charge on any atom is 0.255 e. The molecule has 1 aliphatic rings.